The van der Waals surface area contributed by atoms with Gasteiger partial charge < -0.3 is 0 Å². The van der Waals surface area contributed by atoms with Crippen LogP contribution in [0.15, 0.2) is 0 Å². The van der Waals surface area contributed by atoms with Gasteiger partial charge in [0.1, 0.15) is 0 Å². The number of rotatable bonds is 2. The van der Waals surface area contributed by atoms with Gasteiger partial charge in [0, 0.05) is 0 Å². The fraction of sp³-hybridized carbons (Fsp3) is 1.00. The second-order valence-corrected chi connectivity index (χ2v) is 3.41. The minimum atomic E-state index is 0.170. The zero-order valence-corrected chi connectivity index (χ0v) is 6.26. The number of hydrogen-bond acceptors (Lipinski definition) is 3. The first kappa shape index (κ1) is 8.88. The van der Waals surface area contributed by atoms with Crippen molar-refractivity contribution in [2.24, 2.45) is 5.41 Å². The molecule has 56 valence electrons. The molecule has 9 heavy (non-hydrogen) atoms. The monoisotopic (exact) mass is 133 g/mol. The van der Waals surface area contributed by atoms with Gasteiger partial charge >= 0.3 is 0 Å². The van der Waals surface area contributed by atoms with Crippen molar-refractivity contribution in [1.29, 1.82) is 0 Å². The van der Waals surface area contributed by atoms with Crippen molar-refractivity contribution in [1.82, 2.24) is 5.23 Å². The largest absolute Gasteiger partial charge is 0.290 e. The molecule has 0 aliphatic carbocycles. The van der Waals surface area contributed by atoms with Crippen LogP contribution >= 0.6 is 0 Å². The minimum Gasteiger partial charge on any atom is -0.290 e. The van der Waals surface area contributed by atoms with Gasteiger partial charge in [-0.15, -0.1) is 0 Å². The van der Waals surface area contributed by atoms with Crippen molar-refractivity contribution < 1.29 is 10.4 Å². The van der Waals surface area contributed by atoms with Crippen molar-refractivity contribution in [3.05, 3.63) is 0 Å². The van der Waals surface area contributed by atoms with Crippen LogP contribution in [0.2, 0.25) is 0 Å². The van der Waals surface area contributed by atoms with Crippen LogP contribution < -0.4 is 0 Å². The fourth-order valence-electron chi connectivity index (χ4n) is 0.435. The lowest BCUT2D eigenvalue weighted by Gasteiger charge is -2.18. The standard InChI is InChI=1S/C6H15NO2/c1-6(2,3)4-5-7(8)9/h8-9H,4-5H2,1-3H3. The molecule has 0 amide bonds. The summed E-state index contributed by atoms with van der Waals surface area (Å²) in [5.41, 5.74) is 0.170. The molecule has 0 aromatic heterocycles. The molecule has 0 aromatic rings. The Morgan fingerprint density at radius 3 is 1.78 bits per heavy atom. The third kappa shape index (κ3) is 7.88. The Morgan fingerprint density at radius 1 is 1.22 bits per heavy atom. The third-order valence-electron chi connectivity index (χ3n) is 1.06. The highest BCUT2D eigenvalue weighted by Gasteiger charge is 2.10. The smallest absolute Gasteiger partial charge is 0.0517 e. The van der Waals surface area contributed by atoms with E-state index in [0.717, 1.165) is 6.42 Å². The van der Waals surface area contributed by atoms with Gasteiger partial charge in [-0.3, -0.25) is 10.4 Å². The van der Waals surface area contributed by atoms with Gasteiger partial charge in [-0.1, -0.05) is 26.0 Å². The van der Waals surface area contributed by atoms with E-state index >= 15 is 0 Å². The van der Waals surface area contributed by atoms with Crippen molar-refractivity contribution in [2.45, 2.75) is 27.2 Å². The SMILES string of the molecule is CC(C)(C)CCN(O)O. The topological polar surface area (TPSA) is 43.7 Å². The lowest BCUT2D eigenvalue weighted by atomic mass is 9.93. The third-order valence-corrected chi connectivity index (χ3v) is 1.06. The van der Waals surface area contributed by atoms with Gasteiger partial charge in [-0.2, -0.15) is 0 Å². The second kappa shape index (κ2) is 3.15. The molecule has 0 saturated carbocycles. The van der Waals surface area contributed by atoms with E-state index in [4.69, 9.17) is 10.4 Å². The second-order valence-electron chi connectivity index (χ2n) is 3.41. The number of nitrogens with zero attached hydrogens (tertiary/aromatic N) is 1. The van der Waals surface area contributed by atoms with E-state index in [1.54, 1.807) is 0 Å². The van der Waals surface area contributed by atoms with Gasteiger partial charge in [-0.25, -0.2) is 0 Å². The average Bonchev–Trinajstić information content (AvgIpc) is 1.59. The maximum absolute atomic E-state index is 8.30. The molecule has 0 rings (SSSR count). The highest BCUT2D eigenvalue weighted by molar-refractivity contribution is 4.60. The average molecular weight is 133 g/mol. The molecule has 0 radical (unpaired) electrons. The highest BCUT2D eigenvalue weighted by Crippen LogP contribution is 2.17. The molecular formula is C6H15NO2. The van der Waals surface area contributed by atoms with Gasteiger partial charge in [0.2, 0.25) is 0 Å². The molecule has 3 heteroatoms. The first-order valence-electron chi connectivity index (χ1n) is 3.07. The quantitative estimate of drug-likeness (QED) is 0.561. The Kier molecular flexibility index (Phi) is 3.11. The first-order valence-corrected chi connectivity index (χ1v) is 3.07. The van der Waals surface area contributed by atoms with Crippen LogP contribution in [-0.2, 0) is 0 Å². The predicted octanol–water partition coefficient (Wildman–Crippen LogP) is 1.50. The van der Waals surface area contributed by atoms with Gasteiger partial charge in [0.25, 0.3) is 0 Å². The molecule has 0 spiro atoms. The zero-order valence-electron chi connectivity index (χ0n) is 6.26. The Hall–Kier alpha value is -0.120. The summed E-state index contributed by atoms with van der Waals surface area (Å²) in [6.07, 6.45) is 0.778. The summed E-state index contributed by atoms with van der Waals surface area (Å²) < 4.78 is 0. The normalized spacial score (nSPS) is 12.7. The molecule has 0 saturated heterocycles. The van der Waals surface area contributed by atoms with Crippen molar-refractivity contribution in [3.8, 4) is 0 Å². The summed E-state index contributed by atoms with van der Waals surface area (Å²) >= 11 is 0. The van der Waals surface area contributed by atoms with Crippen LogP contribution in [0.5, 0.6) is 0 Å². The van der Waals surface area contributed by atoms with E-state index in [9.17, 15) is 0 Å². The molecule has 0 fully saturated rings. The fourth-order valence-corrected chi connectivity index (χ4v) is 0.435. The molecule has 2 N–H and O–H groups in total. The van der Waals surface area contributed by atoms with Crippen LogP contribution in [0, 0.1) is 5.41 Å². The molecule has 0 aliphatic heterocycles. The van der Waals surface area contributed by atoms with Crippen LogP contribution in [0.3, 0.4) is 0 Å². The maximum atomic E-state index is 8.30. The van der Waals surface area contributed by atoms with Crippen molar-refractivity contribution >= 4 is 0 Å². The Balaban J connectivity index is 3.28. The lowest BCUT2D eigenvalue weighted by Crippen LogP contribution is -2.20. The van der Waals surface area contributed by atoms with E-state index in [0.29, 0.717) is 6.54 Å². The summed E-state index contributed by atoms with van der Waals surface area (Å²) in [6.45, 7) is 6.47. The van der Waals surface area contributed by atoms with E-state index in [1.165, 1.54) is 0 Å². The highest BCUT2D eigenvalue weighted by atomic mass is 16.8. The summed E-state index contributed by atoms with van der Waals surface area (Å²) in [5, 5.41) is 16.8. The van der Waals surface area contributed by atoms with E-state index in [1.807, 2.05) is 0 Å². The van der Waals surface area contributed by atoms with E-state index in [-0.39, 0.29) is 10.6 Å². The molecule has 0 aromatic carbocycles. The molecular weight excluding hydrogens is 118 g/mol. The lowest BCUT2D eigenvalue weighted by molar-refractivity contribution is -0.308. The van der Waals surface area contributed by atoms with E-state index in [2.05, 4.69) is 20.8 Å². The van der Waals surface area contributed by atoms with Gasteiger partial charge in [-0.05, 0) is 11.8 Å². The summed E-state index contributed by atoms with van der Waals surface area (Å²) in [6, 6.07) is 0. The Labute approximate surface area is 55.8 Å². The predicted molar refractivity (Wildman–Crippen MR) is 34.4 cm³/mol. The van der Waals surface area contributed by atoms with Gasteiger partial charge in [0.05, 0.1) is 6.54 Å². The molecule has 0 unspecified atom stereocenters. The van der Waals surface area contributed by atoms with Crippen LogP contribution in [0.4, 0.5) is 0 Å². The molecule has 0 aliphatic rings. The summed E-state index contributed by atoms with van der Waals surface area (Å²) in [5.74, 6) is 0. The molecule has 0 bridgehead atoms. The maximum Gasteiger partial charge on any atom is 0.0517 e. The zero-order chi connectivity index (χ0) is 7.49. The van der Waals surface area contributed by atoms with E-state index < -0.39 is 0 Å². The summed E-state index contributed by atoms with van der Waals surface area (Å²) in [4.78, 5) is 0. The molecule has 0 heterocycles. The van der Waals surface area contributed by atoms with Gasteiger partial charge in [0.15, 0.2) is 0 Å². The minimum absolute atomic E-state index is 0.170. The number of hydroxylamine groups is 2. The molecule has 3 nitrogen and oxygen atoms in total. The van der Waals surface area contributed by atoms with Crippen LogP contribution in [0.25, 0.3) is 0 Å². The van der Waals surface area contributed by atoms with Crippen molar-refractivity contribution in [2.75, 3.05) is 6.54 Å². The Bertz CT molecular complexity index is 75.6. The Morgan fingerprint density at radius 2 is 1.67 bits per heavy atom. The van der Waals surface area contributed by atoms with Crippen molar-refractivity contribution in [3.63, 3.8) is 0 Å². The van der Waals surface area contributed by atoms with Crippen LogP contribution in [-0.4, -0.2) is 22.2 Å². The van der Waals surface area contributed by atoms with Crippen LogP contribution in [0.1, 0.15) is 27.2 Å². The first-order chi connectivity index (χ1) is 3.92. The summed E-state index contributed by atoms with van der Waals surface area (Å²) in [7, 11) is 0. The molecule has 0 atom stereocenters. The number of hydrogen-bond donors (Lipinski definition) is 2.